The number of ether oxygens (including phenoxy) is 1. The molecule has 0 spiro atoms. The van der Waals surface area contributed by atoms with Gasteiger partial charge >= 0.3 is 0 Å². The van der Waals surface area contributed by atoms with Gasteiger partial charge in [0.05, 0.1) is 12.1 Å². The molecule has 0 aliphatic rings. The second-order valence-corrected chi connectivity index (χ2v) is 7.04. The molecule has 0 aliphatic heterocycles. The van der Waals surface area contributed by atoms with E-state index in [0.29, 0.717) is 0 Å². The number of hydrogen-bond acceptors (Lipinski definition) is 4. The lowest BCUT2D eigenvalue weighted by atomic mass is 10.1. The van der Waals surface area contributed by atoms with Crippen LogP contribution in [0.1, 0.15) is 30.3 Å². The van der Waals surface area contributed by atoms with E-state index in [-0.39, 0.29) is 12.1 Å². The number of nitrogens with two attached hydrogens (primary N) is 1. The van der Waals surface area contributed by atoms with Gasteiger partial charge in [0.25, 0.3) is 0 Å². The Hall–Kier alpha value is -1.36. The van der Waals surface area contributed by atoms with Gasteiger partial charge in [0.15, 0.2) is 0 Å². The van der Waals surface area contributed by atoms with Gasteiger partial charge in [-0.3, -0.25) is 0 Å². The maximum Gasteiger partial charge on any atom is 0.124 e. The van der Waals surface area contributed by atoms with E-state index in [1.54, 1.807) is 22.7 Å². The third-order valence-electron chi connectivity index (χ3n) is 3.08. The van der Waals surface area contributed by atoms with Crippen molar-refractivity contribution in [3.8, 4) is 5.75 Å². The van der Waals surface area contributed by atoms with Gasteiger partial charge in [-0.05, 0) is 37.4 Å². The molecule has 2 N–H and O–H groups in total. The normalized spacial score (nSPS) is 13.0. The lowest BCUT2D eigenvalue weighted by molar-refractivity contribution is 0.239. The lowest BCUT2D eigenvalue weighted by Gasteiger charge is -2.17. The third-order valence-corrected chi connectivity index (χ3v) is 5.26. The molecule has 0 saturated carbocycles. The number of benzene rings is 1. The van der Waals surface area contributed by atoms with E-state index >= 15 is 0 Å². The smallest absolute Gasteiger partial charge is 0.124 e. The monoisotopic (exact) mass is 303 g/mol. The van der Waals surface area contributed by atoms with Gasteiger partial charge in [-0.15, -0.1) is 22.7 Å². The van der Waals surface area contributed by atoms with Crippen LogP contribution >= 0.6 is 22.7 Å². The van der Waals surface area contributed by atoms with Crippen molar-refractivity contribution in [2.75, 3.05) is 0 Å². The van der Waals surface area contributed by atoms with Gasteiger partial charge in [-0.1, -0.05) is 18.2 Å². The fourth-order valence-electron chi connectivity index (χ4n) is 2.19. The number of para-hydroxylation sites is 1. The summed E-state index contributed by atoms with van der Waals surface area (Å²) in [5.41, 5.74) is 7.50. The Bertz CT molecular complexity index is 685. The van der Waals surface area contributed by atoms with E-state index in [1.165, 1.54) is 14.3 Å². The minimum Gasteiger partial charge on any atom is -0.491 e. The summed E-state index contributed by atoms with van der Waals surface area (Å²) in [6.45, 7) is 4.06. The quantitative estimate of drug-likeness (QED) is 0.751. The minimum absolute atomic E-state index is 0.130. The number of thiophene rings is 2. The van der Waals surface area contributed by atoms with Gasteiger partial charge in [-0.25, -0.2) is 0 Å². The maximum atomic E-state index is 6.45. The van der Waals surface area contributed by atoms with Crippen LogP contribution in [0.5, 0.6) is 5.75 Å². The van der Waals surface area contributed by atoms with Crippen molar-refractivity contribution in [2.24, 2.45) is 5.73 Å². The highest BCUT2D eigenvalue weighted by Crippen LogP contribution is 2.37. The predicted molar refractivity (Wildman–Crippen MR) is 87.9 cm³/mol. The van der Waals surface area contributed by atoms with Crippen molar-refractivity contribution in [1.82, 2.24) is 0 Å². The van der Waals surface area contributed by atoms with Crippen LogP contribution in [-0.2, 0) is 0 Å². The molecule has 1 aromatic carbocycles. The van der Waals surface area contributed by atoms with Crippen molar-refractivity contribution in [3.63, 3.8) is 0 Å². The molecular formula is C16H17NOS2. The van der Waals surface area contributed by atoms with Crippen LogP contribution in [0.3, 0.4) is 0 Å². The molecule has 0 saturated heterocycles. The number of fused-ring (bicyclic) bond motifs is 1. The highest BCUT2D eigenvalue weighted by molar-refractivity contribution is 7.27. The van der Waals surface area contributed by atoms with E-state index in [2.05, 4.69) is 23.6 Å². The minimum atomic E-state index is -0.130. The molecule has 20 heavy (non-hydrogen) atoms. The standard InChI is InChI=1S/C16H17NOS2/c1-10(2)18-12-6-4-3-5-11(12)16(17)15-9-14-13(20-15)7-8-19-14/h3-10,16H,17H2,1-2H3. The topological polar surface area (TPSA) is 35.2 Å². The Kier molecular flexibility index (Phi) is 3.78. The first-order chi connectivity index (χ1) is 9.65. The molecule has 3 rings (SSSR count). The van der Waals surface area contributed by atoms with Crippen LogP contribution in [0.2, 0.25) is 0 Å². The van der Waals surface area contributed by atoms with Crippen LogP contribution in [0, 0.1) is 0 Å². The fraction of sp³-hybridized carbons (Fsp3) is 0.250. The molecule has 0 fully saturated rings. The molecule has 2 aromatic heterocycles. The van der Waals surface area contributed by atoms with E-state index < -0.39 is 0 Å². The second-order valence-electron chi connectivity index (χ2n) is 4.98. The Morgan fingerprint density at radius 3 is 2.65 bits per heavy atom. The van der Waals surface area contributed by atoms with E-state index in [9.17, 15) is 0 Å². The zero-order valence-corrected chi connectivity index (χ0v) is 13.1. The summed E-state index contributed by atoms with van der Waals surface area (Å²) in [5.74, 6) is 0.881. The zero-order valence-electron chi connectivity index (χ0n) is 11.5. The van der Waals surface area contributed by atoms with E-state index in [1.807, 2.05) is 32.0 Å². The SMILES string of the molecule is CC(C)Oc1ccccc1C(N)c1cc2sccc2s1. The van der Waals surface area contributed by atoms with Gasteiger partial charge in [0.1, 0.15) is 5.75 Å². The Balaban J connectivity index is 1.97. The summed E-state index contributed by atoms with van der Waals surface area (Å²) < 4.78 is 8.49. The molecule has 1 unspecified atom stereocenters. The average molecular weight is 303 g/mol. The van der Waals surface area contributed by atoms with Crippen molar-refractivity contribution >= 4 is 32.1 Å². The average Bonchev–Trinajstić information content (AvgIpc) is 2.98. The zero-order chi connectivity index (χ0) is 14.1. The van der Waals surface area contributed by atoms with Crippen LogP contribution in [-0.4, -0.2) is 6.10 Å². The van der Waals surface area contributed by atoms with Gasteiger partial charge in [0, 0.05) is 19.8 Å². The first-order valence-electron chi connectivity index (χ1n) is 6.63. The molecule has 4 heteroatoms. The Morgan fingerprint density at radius 1 is 1.10 bits per heavy atom. The summed E-state index contributed by atoms with van der Waals surface area (Å²) in [6.07, 6.45) is 0.148. The predicted octanol–water partition coefficient (Wildman–Crippen LogP) is 4.80. The number of rotatable bonds is 4. The highest BCUT2D eigenvalue weighted by atomic mass is 32.1. The van der Waals surface area contributed by atoms with Crippen molar-refractivity contribution in [3.05, 3.63) is 52.2 Å². The number of hydrogen-bond donors (Lipinski definition) is 1. The summed E-state index contributed by atoms with van der Waals surface area (Å²) in [7, 11) is 0. The fourth-order valence-corrected chi connectivity index (χ4v) is 4.33. The summed E-state index contributed by atoms with van der Waals surface area (Å²) in [4.78, 5) is 1.19. The van der Waals surface area contributed by atoms with Crippen LogP contribution in [0.4, 0.5) is 0 Å². The largest absolute Gasteiger partial charge is 0.491 e. The highest BCUT2D eigenvalue weighted by Gasteiger charge is 2.17. The second kappa shape index (κ2) is 5.56. The Morgan fingerprint density at radius 2 is 1.90 bits per heavy atom. The van der Waals surface area contributed by atoms with Crippen LogP contribution < -0.4 is 10.5 Å². The first kappa shape index (κ1) is 13.6. The molecule has 104 valence electrons. The molecule has 0 aliphatic carbocycles. The summed E-state index contributed by atoms with van der Waals surface area (Å²) >= 11 is 3.52. The third kappa shape index (κ3) is 2.59. The molecule has 1 atom stereocenters. The van der Waals surface area contributed by atoms with Gasteiger partial charge in [-0.2, -0.15) is 0 Å². The maximum absolute atomic E-state index is 6.45. The molecule has 0 bridgehead atoms. The molecule has 0 radical (unpaired) electrons. The van der Waals surface area contributed by atoms with Gasteiger partial charge < -0.3 is 10.5 Å². The van der Waals surface area contributed by atoms with Crippen molar-refractivity contribution in [2.45, 2.75) is 26.0 Å². The van der Waals surface area contributed by atoms with Crippen LogP contribution in [0.15, 0.2) is 41.8 Å². The molecule has 2 nitrogen and oxygen atoms in total. The van der Waals surface area contributed by atoms with E-state index in [0.717, 1.165) is 11.3 Å². The first-order valence-corrected chi connectivity index (χ1v) is 8.33. The molecule has 2 heterocycles. The molecular weight excluding hydrogens is 286 g/mol. The lowest BCUT2D eigenvalue weighted by Crippen LogP contribution is -2.14. The molecule has 0 amide bonds. The van der Waals surface area contributed by atoms with Crippen LogP contribution in [0.25, 0.3) is 9.40 Å². The summed E-state index contributed by atoms with van der Waals surface area (Å²) in [5, 5.41) is 2.12. The van der Waals surface area contributed by atoms with E-state index in [4.69, 9.17) is 10.5 Å². The van der Waals surface area contributed by atoms with Crippen molar-refractivity contribution in [1.29, 1.82) is 0 Å². The summed E-state index contributed by atoms with van der Waals surface area (Å²) in [6, 6.07) is 12.3. The molecule has 3 aromatic rings. The van der Waals surface area contributed by atoms with Crippen molar-refractivity contribution < 1.29 is 4.74 Å². The van der Waals surface area contributed by atoms with Gasteiger partial charge in [0.2, 0.25) is 0 Å². The Labute approximate surface area is 126 Å².